The fraction of sp³-hybridized carbons (Fsp3) is 0.211. The summed E-state index contributed by atoms with van der Waals surface area (Å²) in [6.07, 6.45) is 3.08. The lowest BCUT2D eigenvalue weighted by molar-refractivity contribution is -0.139. The van der Waals surface area contributed by atoms with Crippen molar-refractivity contribution in [2.45, 2.75) is 24.8 Å². The van der Waals surface area contributed by atoms with E-state index in [2.05, 4.69) is 28.1 Å². The van der Waals surface area contributed by atoms with E-state index in [4.69, 9.17) is 4.74 Å². The van der Waals surface area contributed by atoms with Crippen LogP contribution in [0.2, 0.25) is 0 Å². The molecule has 10 heteroatoms. The maximum atomic E-state index is 13.5. The first-order valence-electron chi connectivity index (χ1n) is 15.9. The third-order valence-corrected chi connectivity index (χ3v) is 11.0. The minimum Gasteiger partial charge on any atom is -0.492 e. The zero-order chi connectivity index (χ0) is 33.6. The van der Waals surface area contributed by atoms with E-state index < -0.39 is 15.6 Å². The number of hydrogen-bond donors (Lipinski definition) is 1. The minimum absolute atomic E-state index is 0.0833. The highest BCUT2D eigenvalue weighted by Crippen LogP contribution is 2.33. The van der Waals surface area contributed by atoms with E-state index in [1.807, 2.05) is 63.4 Å². The highest BCUT2D eigenvalue weighted by Gasteiger charge is 2.29. The second-order valence-electron chi connectivity index (χ2n) is 12.3. The standard InChI is InChI=1S/C38H36N4O5S/c1-25-4-14-33(15-5-25)48(45,46)42-17-16-34-35(24-39-37(43)36(34)42)31-9-8-29-22-28(6-7-30(29)23-31)27-10-12-32(13-11-27)47-21-20-41-19-18-40(3)38(44)26(41)2/h4-17,22-24,26H,18-21H2,1-3H3,(H,39,43)/t26-/m1/s1. The van der Waals surface area contributed by atoms with Crippen LogP contribution in [0.4, 0.5) is 0 Å². The molecule has 0 spiro atoms. The van der Waals surface area contributed by atoms with Crippen LogP contribution in [0.15, 0.2) is 113 Å². The zero-order valence-corrected chi connectivity index (χ0v) is 27.8. The van der Waals surface area contributed by atoms with Crippen molar-refractivity contribution in [2.24, 2.45) is 0 Å². The first kappa shape index (κ1) is 31.4. The molecule has 1 saturated heterocycles. The summed E-state index contributed by atoms with van der Waals surface area (Å²) in [5.41, 5.74) is 4.27. The van der Waals surface area contributed by atoms with Gasteiger partial charge in [-0.2, -0.15) is 0 Å². The number of nitrogens with one attached hydrogen (secondary N) is 1. The summed E-state index contributed by atoms with van der Waals surface area (Å²) < 4.78 is 34.0. The number of fused-ring (bicyclic) bond motifs is 2. The highest BCUT2D eigenvalue weighted by atomic mass is 32.2. The number of pyridine rings is 1. The number of aryl methyl sites for hydroxylation is 1. The Morgan fingerprint density at radius 3 is 2.23 bits per heavy atom. The first-order chi connectivity index (χ1) is 23.1. The molecule has 1 atom stereocenters. The largest absolute Gasteiger partial charge is 0.492 e. The summed E-state index contributed by atoms with van der Waals surface area (Å²) >= 11 is 0. The van der Waals surface area contributed by atoms with Crippen LogP contribution in [-0.2, 0) is 14.8 Å². The molecular formula is C38H36N4O5S. The van der Waals surface area contributed by atoms with Crippen molar-refractivity contribution in [1.29, 1.82) is 0 Å². The maximum absolute atomic E-state index is 13.5. The van der Waals surface area contributed by atoms with Crippen molar-refractivity contribution in [3.8, 4) is 28.0 Å². The van der Waals surface area contributed by atoms with Gasteiger partial charge in [0.25, 0.3) is 15.6 Å². The summed E-state index contributed by atoms with van der Waals surface area (Å²) in [6, 6.07) is 28.5. The van der Waals surface area contributed by atoms with Crippen LogP contribution in [0.3, 0.4) is 0 Å². The summed E-state index contributed by atoms with van der Waals surface area (Å²) in [7, 11) is -2.13. The van der Waals surface area contributed by atoms with Gasteiger partial charge in [-0.25, -0.2) is 12.4 Å². The topological polar surface area (TPSA) is 105 Å². The van der Waals surface area contributed by atoms with Gasteiger partial charge in [0.15, 0.2) is 0 Å². The number of carbonyl (C=O) groups is 1. The van der Waals surface area contributed by atoms with Crippen molar-refractivity contribution in [3.05, 3.63) is 119 Å². The van der Waals surface area contributed by atoms with Crippen LogP contribution in [0.25, 0.3) is 43.9 Å². The molecule has 6 aromatic rings. The molecule has 1 aliphatic rings. The Kier molecular flexibility index (Phi) is 8.14. The molecule has 0 bridgehead atoms. The predicted molar refractivity (Wildman–Crippen MR) is 189 cm³/mol. The Bertz CT molecular complexity index is 2330. The minimum atomic E-state index is -3.97. The molecule has 3 heterocycles. The van der Waals surface area contributed by atoms with E-state index in [1.54, 1.807) is 41.4 Å². The molecule has 244 valence electrons. The van der Waals surface area contributed by atoms with Gasteiger partial charge in [0, 0.05) is 50.0 Å². The number of benzene rings is 4. The van der Waals surface area contributed by atoms with Gasteiger partial charge in [0.05, 0.1) is 10.9 Å². The van der Waals surface area contributed by atoms with Gasteiger partial charge in [-0.15, -0.1) is 0 Å². The Balaban J connectivity index is 1.10. The van der Waals surface area contributed by atoms with Gasteiger partial charge in [0.2, 0.25) is 5.91 Å². The zero-order valence-electron chi connectivity index (χ0n) is 27.0. The molecule has 4 aromatic carbocycles. The van der Waals surface area contributed by atoms with Gasteiger partial charge >= 0.3 is 0 Å². The van der Waals surface area contributed by atoms with Crippen molar-refractivity contribution < 1.29 is 17.9 Å². The van der Waals surface area contributed by atoms with Gasteiger partial charge in [-0.05, 0) is 83.8 Å². The van der Waals surface area contributed by atoms with Gasteiger partial charge in [-0.1, -0.05) is 54.1 Å². The Morgan fingerprint density at radius 1 is 0.833 bits per heavy atom. The molecule has 1 fully saturated rings. The molecule has 0 saturated carbocycles. The summed E-state index contributed by atoms with van der Waals surface area (Å²) in [6.45, 7) is 6.61. The molecule has 1 N–H and O–H groups in total. The number of nitrogens with zero attached hydrogens (tertiary/aromatic N) is 3. The Labute approximate surface area is 279 Å². The number of likely N-dealkylation sites (N-methyl/N-ethyl adjacent to an activating group) is 1. The van der Waals surface area contributed by atoms with Crippen molar-refractivity contribution in [1.82, 2.24) is 18.8 Å². The lowest BCUT2D eigenvalue weighted by Gasteiger charge is -2.37. The number of H-pyrrole nitrogens is 1. The van der Waals surface area contributed by atoms with Crippen LogP contribution in [0, 0.1) is 6.92 Å². The van der Waals surface area contributed by atoms with Crippen molar-refractivity contribution in [3.63, 3.8) is 0 Å². The number of aromatic amines is 1. The summed E-state index contributed by atoms with van der Waals surface area (Å²) in [4.78, 5) is 32.0. The summed E-state index contributed by atoms with van der Waals surface area (Å²) in [5, 5.41) is 2.62. The van der Waals surface area contributed by atoms with Crippen molar-refractivity contribution in [2.75, 3.05) is 33.3 Å². The lowest BCUT2D eigenvalue weighted by Crippen LogP contribution is -2.55. The Morgan fingerprint density at radius 2 is 1.50 bits per heavy atom. The number of aromatic nitrogens is 2. The molecule has 0 unspecified atom stereocenters. The van der Waals surface area contributed by atoms with E-state index in [0.29, 0.717) is 18.5 Å². The number of rotatable bonds is 8. The monoisotopic (exact) mass is 660 g/mol. The normalized spacial score (nSPS) is 15.8. The predicted octanol–water partition coefficient (Wildman–Crippen LogP) is 5.90. The second-order valence-corrected chi connectivity index (χ2v) is 14.2. The molecule has 0 aliphatic carbocycles. The van der Waals surface area contributed by atoms with Crippen LogP contribution in [0.1, 0.15) is 12.5 Å². The number of amides is 1. The number of ether oxygens (including phenoxy) is 1. The quantitative estimate of drug-likeness (QED) is 0.218. The average molecular weight is 661 g/mol. The molecule has 0 radical (unpaired) electrons. The SMILES string of the molecule is Cc1ccc(S(=O)(=O)n2ccc3c(-c4ccc5cc(-c6ccc(OCCN7CCN(C)C(=O)[C@H]7C)cc6)ccc5c4)c[nH]c(=O)c32)cc1. The molecule has 7 rings (SSSR count). The second kappa shape index (κ2) is 12.4. The van der Waals surface area contributed by atoms with Gasteiger partial charge in [0.1, 0.15) is 17.9 Å². The van der Waals surface area contributed by atoms with E-state index in [0.717, 1.165) is 61.4 Å². The van der Waals surface area contributed by atoms with Crippen LogP contribution < -0.4 is 10.3 Å². The third kappa shape index (κ3) is 5.78. The molecule has 9 nitrogen and oxygen atoms in total. The van der Waals surface area contributed by atoms with Gasteiger partial charge in [-0.3, -0.25) is 14.5 Å². The van der Waals surface area contributed by atoms with E-state index in [-0.39, 0.29) is 22.4 Å². The molecule has 2 aromatic heterocycles. The number of carbonyl (C=O) groups excluding carboxylic acids is 1. The van der Waals surface area contributed by atoms with Crippen molar-refractivity contribution >= 4 is 37.6 Å². The molecule has 1 amide bonds. The molecule has 1 aliphatic heterocycles. The van der Waals surface area contributed by atoms with Gasteiger partial charge < -0.3 is 14.6 Å². The lowest BCUT2D eigenvalue weighted by atomic mass is 9.97. The van der Waals surface area contributed by atoms with Crippen LogP contribution in [0.5, 0.6) is 5.75 Å². The fourth-order valence-corrected chi connectivity index (χ4v) is 7.73. The number of hydrogen-bond acceptors (Lipinski definition) is 6. The van der Waals surface area contributed by atoms with E-state index >= 15 is 0 Å². The molecular weight excluding hydrogens is 625 g/mol. The van der Waals surface area contributed by atoms with Crippen LogP contribution in [-0.4, -0.2) is 72.4 Å². The third-order valence-electron chi connectivity index (χ3n) is 9.27. The van der Waals surface area contributed by atoms with E-state index in [1.165, 1.54) is 6.20 Å². The highest BCUT2D eigenvalue weighted by molar-refractivity contribution is 7.90. The van der Waals surface area contributed by atoms with E-state index in [9.17, 15) is 18.0 Å². The molecule has 48 heavy (non-hydrogen) atoms. The fourth-order valence-electron chi connectivity index (χ4n) is 6.38. The average Bonchev–Trinajstić information content (AvgIpc) is 3.56. The number of piperazine rings is 1. The summed E-state index contributed by atoms with van der Waals surface area (Å²) in [5.74, 6) is 0.929. The van der Waals surface area contributed by atoms with Crippen LogP contribution >= 0.6 is 0 Å². The Hall–Kier alpha value is -5.19. The first-order valence-corrected chi connectivity index (χ1v) is 17.4. The smallest absolute Gasteiger partial charge is 0.273 e. The maximum Gasteiger partial charge on any atom is 0.273 e.